The molecule has 1 radical (unpaired) electrons. The Morgan fingerprint density at radius 3 is 1.58 bits per heavy atom. The van der Waals surface area contributed by atoms with Crippen LogP contribution in [-0.2, 0) is 33.1 Å². The van der Waals surface area contributed by atoms with Gasteiger partial charge in [-0.05, 0) is 98.2 Å². The minimum atomic E-state index is -0.489. The molecule has 2 amide bonds. The molecule has 11 rings (SSSR count). The minimum absolute atomic E-state index is 0. The molecule has 22 heteroatoms. The molecule has 0 atom stereocenters. The third-order valence-corrected chi connectivity index (χ3v) is 17.0. The van der Waals surface area contributed by atoms with Crippen molar-refractivity contribution in [1.82, 2.24) is 29.1 Å². The van der Waals surface area contributed by atoms with Gasteiger partial charge in [0.1, 0.15) is 22.9 Å². The van der Waals surface area contributed by atoms with Gasteiger partial charge in [0.25, 0.3) is 11.4 Å². The average molecular weight is 1270 g/mol. The van der Waals surface area contributed by atoms with Gasteiger partial charge in [-0.2, -0.15) is 9.98 Å². The Labute approximate surface area is 529 Å². The quantitative estimate of drug-likeness (QED) is 0.0500. The number of benzene rings is 4. The van der Waals surface area contributed by atoms with Gasteiger partial charge in [0, 0.05) is 29.2 Å². The van der Waals surface area contributed by atoms with Crippen molar-refractivity contribution in [2.24, 2.45) is 9.98 Å². The normalized spacial score (nSPS) is 12.4. The molecule has 88 heavy (non-hydrogen) atoms. The summed E-state index contributed by atoms with van der Waals surface area (Å²) in [6, 6.07) is 35.5. The Bertz CT molecular complexity index is 4720. The van der Waals surface area contributed by atoms with E-state index in [1.807, 2.05) is 123 Å². The van der Waals surface area contributed by atoms with E-state index in [4.69, 9.17) is 29.4 Å². The van der Waals surface area contributed by atoms with E-state index >= 15 is 0 Å². The van der Waals surface area contributed by atoms with Crippen molar-refractivity contribution < 1.29 is 58.4 Å². The molecule has 0 fully saturated rings. The maximum atomic E-state index is 14.4. The van der Waals surface area contributed by atoms with Crippen LogP contribution in [0.5, 0.6) is 11.5 Å². The number of nitro benzene ring substituents is 2. The van der Waals surface area contributed by atoms with E-state index in [1.54, 1.807) is 45.6 Å². The number of allylic oxidation sites excluding steroid dienone is 5. The second-order valence-electron chi connectivity index (χ2n) is 20.2. The molecule has 9 aromatic rings. The first-order chi connectivity index (χ1) is 41.6. The molecule has 2 aliphatic rings. The van der Waals surface area contributed by atoms with E-state index < -0.39 is 21.7 Å². The number of aromatic nitrogens is 6. The minimum Gasteiger partial charge on any atom is -1.00 e. The predicted octanol–water partition coefficient (Wildman–Crippen LogP) is 10.7. The molecule has 0 saturated carbocycles. The molecule has 0 N–H and O–H groups in total. The third-order valence-electron chi connectivity index (χ3n) is 15.3. The molecule has 443 valence electrons. The number of halogens is 1. The summed E-state index contributed by atoms with van der Waals surface area (Å²) in [6.07, 6.45) is 3.79. The van der Waals surface area contributed by atoms with Crippen molar-refractivity contribution in [3.8, 4) is 45.4 Å². The summed E-state index contributed by atoms with van der Waals surface area (Å²) in [6.45, 7) is 16.1. The number of methoxy groups -OCH3 is 2. The van der Waals surface area contributed by atoms with Gasteiger partial charge >= 0.3 is 17.1 Å². The van der Waals surface area contributed by atoms with Gasteiger partial charge in [-0.1, -0.05) is 127 Å². The predicted molar refractivity (Wildman–Crippen MR) is 337 cm³/mol. The summed E-state index contributed by atoms with van der Waals surface area (Å²) in [5.74, 6) is -0.353. The molecule has 7 heterocycles. The van der Waals surface area contributed by atoms with Crippen molar-refractivity contribution in [3.63, 3.8) is 0 Å². The summed E-state index contributed by atoms with van der Waals surface area (Å²) in [4.78, 5) is 83.4. The zero-order chi connectivity index (χ0) is 60.5. The van der Waals surface area contributed by atoms with Crippen LogP contribution in [0, 0.1) is 34.1 Å². The number of carbonyl (C=O) groups is 2. The Morgan fingerprint density at radius 1 is 0.602 bits per heavy atom. The van der Waals surface area contributed by atoms with Crippen LogP contribution in [-0.4, -0.2) is 55.0 Å². The van der Waals surface area contributed by atoms with E-state index in [2.05, 4.69) is 23.1 Å². The number of ether oxygens (including phenoxy) is 2. The molecule has 5 aromatic heterocycles. The third kappa shape index (κ3) is 12.2. The van der Waals surface area contributed by atoms with Crippen LogP contribution in [0.2, 0.25) is 0 Å². The van der Waals surface area contributed by atoms with Crippen molar-refractivity contribution in [3.05, 3.63) is 226 Å². The fourth-order valence-electron chi connectivity index (χ4n) is 10.7. The van der Waals surface area contributed by atoms with Crippen molar-refractivity contribution in [2.75, 3.05) is 14.2 Å². The number of hydrogen-bond donors (Lipinski definition) is 0. The number of rotatable bonds is 16. The molecule has 0 aliphatic carbocycles. The summed E-state index contributed by atoms with van der Waals surface area (Å²) in [5.41, 5.74) is 14.2. The van der Waals surface area contributed by atoms with E-state index in [1.165, 1.54) is 49.0 Å². The monoisotopic (exact) mass is 1270 g/mol. The second-order valence-corrected chi connectivity index (χ2v) is 21.9. The number of hydrogen-bond acceptors (Lipinski definition) is 12. The van der Waals surface area contributed by atoms with Gasteiger partial charge in [-0.3, -0.25) is 39.0 Å². The fourth-order valence-corrected chi connectivity index (χ4v) is 12.6. The van der Waals surface area contributed by atoms with Gasteiger partial charge in [0.2, 0.25) is 11.8 Å². The largest absolute Gasteiger partial charge is 3.00 e. The Morgan fingerprint density at radius 2 is 1.07 bits per heavy atom. The summed E-state index contributed by atoms with van der Waals surface area (Å²) in [5, 5.41) is 28.8. The molecule has 0 saturated heterocycles. The topological polar surface area (TPSA) is 227 Å². The number of nitro groups is 2. The number of nitrogens with zero attached hydrogens (tertiary/aromatic N) is 10. The van der Waals surface area contributed by atoms with Gasteiger partial charge in [0.15, 0.2) is 9.60 Å². The van der Waals surface area contributed by atoms with Gasteiger partial charge in [-0.15, -0.1) is 44.7 Å². The first kappa shape index (κ1) is 62.9. The first-order valence-electron chi connectivity index (χ1n) is 27.2. The number of fused-ring (bicyclic) bond motifs is 8. The van der Waals surface area contributed by atoms with Gasteiger partial charge in [-0.25, -0.2) is 9.97 Å². The molecular weight excluding hydrogens is 1220 g/mol. The van der Waals surface area contributed by atoms with Crippen molar-refractivity contribution in [2.45, 2.75) is 53.4 Å². The van der Waals surface area contributed by atoms with Gasteiger partial charge < -0.3 is 31.8 Å². The molecule has 4 aromatic carbocycles. The van der Waals surface area contributed by atoms with Crippen LogP contribution in [0.1, 0.15) is 78.1 Å². The fraction of sp³-hybridized carbons (Fsp3) is 0.152. The zero-order valence-corrected chi connectivity index (χ0v) is 51.9. The maximum absolute atomic E-state index is 14.4. The molecule has 0 unspecified atom stereocenters. The van der Waals surface area contributed by atoms with E-state index in [9.17, 15) is 29.8 Å². The Balaban J connectivity index is 0.00000461. The summed E-state index contributed by atoms with van der Waals surface area (Å²) in [7, 11) is 2.87. The average Bonchev–Trinajstić information content (AvgIpc) is 1.87. The van der Waals surface area contributed by atoms with Crippen molar-refractivity contribution in [1.29, 1.82) is 0 Å². The SMILES string of the molecule is C=CC1=C(C)c2cc3[n-]c(cc4nc(cc5[n-]c(cc1n2)c(C)c5CCC(=O)N=c1scc(-c2ccccc2)n1-c1ccc(OC)cc1[N+](=O)[O-])C(CCC(=O)N=c1scc(-c2ccccc2)n1-c1ccc(OC)cc1[N+](=O)[O-])=C4C)c(C)c3C=C.[Cl-].[Fe+3]. The molecule has 2 aliphatic heterocycles. The van der Waals surface area contributed by atoms with E-state index in [-0.39, 0.29) is 87.5 Å². The maximum Gasteiger partial charge on any atom is 3.00 e. The standard InChI is InChI=1S/C66H54N10O8S2.ClH.Fe/c1-9-45-37(3)49-31-50-39(5)47(23-27-63(77)71-65-73(61(35-85-65)41-17-13-11-14-18-41)57-25-21-43(83-7)29-59(57)75(79)80)55(69-50)34-56-48(40(6)52(70-56)33-54-46(10-2)38(4)51(68-54)32-53(45)67-49)24-28-64(78)72-66-74(62(36-86-66)42-19-15-12-16-20-42)58-26-22-44(84-8)30-60(58)76(81)82;;/h9-22,25-26,29-36H,1-2,23-24,27-28H2,3-8H3;1H;/q-2;;+3/p-1. The summed E-state index contributed by atoms with van der Waals surface area (Å²) < 4.78 is 14.0. The van der Waals surface area contributed by atoms with Crippen LogP contribution in [0.25, 0.3) is 84.3 Å². The first-order valence-corrected chi connectivity index (χ1v) is 29.0. The number of carbonyl (C=O) groups excluding carboxylic acids is 2. The summed E-state index contributed by atoms with van der Waals surface area (Å²) >= 11 is 2.38. The molecule has 0 spiro atoms. The molecule has 18 nitrogen and oxygen atoms in total. The molecular formula is C66H54ClFeN10O8S2. The van der Waals surface area contributed by atoms with E-state index in [0.717, 1.165) is 55.7 Å². The second kappa shape index (κ2) is 26.5. The van der Waals surface area contributed by atoms with Crippen LogP contribution < -0.4 is 41.5 Å². The van der Waals surface area contributed by atoms with Crippen LogP contribution in [0.3, 0.4) is 0 Å². The number of aryl methyl sites for hydroxylation is 3. The molecule has 8 bridgehead atoms. The number of thiazole rings is 2. The Hall–Kier alpha value is -9.63. The van der Waals surface area contributed by atoms with E-state index in [0.29, 0.717) is 67.7 Å². The zero-order valence-electron chi connectivity index (χ0n) is 48.4. The van der Waals surface area contributed by atoms with Gasteiger partial charge in [0.05, 0.1) is 70.4 Å². The van der Waals surface area contributed by atoms with Crippen LogP contribution in [0.4, 0.5) is 11.4 Å². The smallest absolute Gasteiger partial charge is 1.00 e. The Kier molecular flexibility index (Phi) is 19.0. The van der Waals surface area contributed by atoms with Crippen molar-refractivity contribution >= 4 is 96.3 Å². The van der Waals surface area contributed by atoms with Crippen LogP contribution in [0.15, 0.2) is 161 Å². The number of amides is 2. The van der Waals surface area contributed by atoms with Crippen LogP contribution >= 0.6 is 22.7 Å².